The summed E-state index contributed by atoms with van der Waals surface area (Å²) in [6.45, 7) is 1.99. The minimum atomic E-state index is 0.107. The van der Waals surface area contributed by atoms with Gasteiger partial charge in [-0.05, 0) is 42.7 Å². The number of rotatable bonds is 3. The summed E-state index contributed by atoms with van der Waals surface area (Å²) < 4.78 is 0. The maximum absolute atomic E-state index is 12.1. The van der Waals surface area contributed by atoms with E-state index in [9.17, 15) is 4.79 Å². The SMILES string of the molecule is Cc1ccsc1C(=O)NC1CCCCC1CBr. The van der Waals surface area contributed by atoms with Gasteiger partial charge in [0.05, 0.1) is 4.88 Å². The Morgan fingerprint density at radius 2 is 2.29 bits per heavy atom. The lowest BCUT2D eigenvalue weighted by Gasteiger charge is -2.30. The van der Waals surface area contributed by atoms with Gasteiger partial charge in [0.2, 0.25) is 0 Å². The van der Waals surface area contributed by atoms with Crippen LogP contribution in [0.5, 0.6) is 0 Å². The first-order valence-corrected chi connectivity index (χ1v) is 8.13. The van der Waals surface area contributed by atoms with Crippen molar-refractivity contribution >= 4 is 33.2 Å². The van der Waals surface area contributed by atoms with E-state index in [2.05, 4.69) is 21.2 Å². The zero-order valence-electron chi connectivity index (χ0n) is 10.0. The van der Waals surface area contributed by atoms with E-state index in [1.54, 1.807) is 0 Å². The molecule has 1 amide bonds. The maximum atomic E-state index is 12.1. The van der Waals surface area contributed by atoms with Gasteiger partial charge in [0.25, 0.3) is 5.91 Å². The average molecular weight is 316 g/mol. The van der Waals surface area contributed by atoms with Crippen molar-refractivity contribution in [3.8, 4) is 0 Å². The summed E-state index contributed by atoms with van der Waals surface area (Å²) in [5, 5.41) is 6.17. The van der Waals surface area contributed by atoms with Gasteiger partial charge < -0.3 is 5.32 Å². The van der Waals surface area contributed by atoms with Crippen molar-refractivity contribution < 1.29 is 4.79 Å². The lowest BCUT2D eigenvalue weighted by Crippen LogP contribution is -2.42. The molecule has 17 heavy (non-hydrogen) atoms. The Hall–Kier alpha value is -0.350. The molecule has 1 aliphatic carbocycles. The molecule has 1 aliphatic rings. The highest BCUT2D eigenvalue weighted by atomic mass is 79.9. The van der Waals surface area contributed by atoms with E-state index in [4.69, 9.17) is 0 Å². The fraction of sp³-hybridized carbons (Fsp3) is 0.615. The summed E-state index contributed by atoms with van der Waals surface area (Å²) in [4.78, 5) is 13.0. The average Bonchev–Trinajstić information content (AvgIpc) is 2.76. The quantitative estimate of drug-likeness (QED) is 0.846. The van der Waals surface area contributed by atoms with Crippen molar-refractivity contribution in [2.24, 2.45) is 5.92 Å². The van der Waals surface area contributed by atoms with Gasteiger partial charge in [-0.25, -0.2) is 0 Å². The fourth-order valence-corrected chi connectivity index (χ4v) is 4.02. The van der Waals surface area contributed by atoms with E-state index in [0.29, 0.717) is 12.0 Å². The summed E-state index contributed by atoms with van der Waals surface area (Å²) in [5.41, 5.74) is 1.08. The molecule has 2 atom stereocenters. The molecule has 0 aliphatic heterocycles. The Balaban J connectivity index is 2.00. The molecule has 1 N–H and O–H groups in total. The summed E-state index contributed by atoms with van der Waals surface area (Å²) in [5.74, 6) is 0.698. The third-order valence-electron chi connectivity index (χ3n) is 3.49. The largest absolute Gasteiger partial charge is 0.348 e. The standard InChI is InChI=1S/C13H18BrNOS/c1-9-6-7-17-12(9)13(16)15-11-5-3-2-4-10(11)8-14/h6-7,10-11H,2-5,8H2,1H3,(H,15,16). The van der Waals surface area contributed by atoms with Crippen molar-refractivity contribution in [1.82, 2.24) is 5.32 Å². The zero-order valence-corrected chi connectivity index (χ0v) is 12.4. The van der Waals surface area contributed by atoms with E-state index in [0.717, 1.165) is 22.2 Å². The van der Waals surface area contributed by atoms with Crippen molar-refractivity contribution in [3.05, 3.63) is 21.9 Å². The number of amides is 1. The van der Waals surface area contributed by atoms with E-state index in [-0.39, 0.29) is 5.91 Å². The van der Waals surface area contributed by atoms with Gasteiger partial charge in [0.1, 0.15) is 0 Å². The number of aryl methyl sites for hydroxylation is 1. The third kappa shape index (κ3) is 3.10. The van der Waals surface area contributed by atoms with E-state index in [1.807, 2.05) is 18.4 Å². The number of carbonyl (C=O) groups is 1. The van der Waals surface area contributed by atoms with E-state index >= 15 is 0 Å². The lowest BCUT2D eigenvalue weighted by atomic mass is 9.86. The smallest absolute Gasteiger partial charge is 0.261 e. The highest BCUT2D eigenvalue weighted by molar-refractivity contribution is 9.09. The third-order valence-corrected chi connectivity index (χ3v) is 5.34. The molecule has 94 valence electrons. The second-order valence-electron chi connectivity index (χ2n) is 4.71. The minimum Gasteiger partial charge on any atom is -0.348 e. The second-order valence-corrected chi connectivity index (χ2v) is 6.28. The number of thiophene rings is 1. The van der Waals surface area contributed by atoms with Gasteiger partial charge >= 0.3 is 0 Å². The topological polar surface area (TPSA) is 29.1 Å². The molecule has 1 aromatic rings. The second kappa shape index (κ2) is 6.01. The van der Waals surface area contributed by atoms with Crippen LogP contribution in [0.15, 0.2) is 11.4 Å². The predicted octanol–water partition coefficient (Wildman–Crippen LogP) is 3.74. The predicted molar refractivity (Wildman–Crippen MR) is 76.1 cm³/mol. The molecule has 1 fully saturated rings. The molecule has 0 spiro atoms. The molecule has 4 heteroatoms. The Labute approximate surface area is 115 Å². The van der Waals surface area contributed by atoms with Crippen molar-refractivity contribution in [2.75, 3.05) is 5.33 Å². The number of hydrogen-bond acceptors (Lipinski definition) is 2. The number of carbonyl (C=O) groups excluding carboxylic acids is 1. The summed E-state index contributed by atoms with van der Waals surface area (Å²) >= 11 is 5.09. The number of alkyl halides is 1. The fourth-order valence-electron chi connectivity index (χ4n) is 2.42. The van der Waals surface area contributed by atoms with Crippen LogP contribution in [0.1, 0.15) is 40.9 Å². The molecule has 1 heterocycles. The molecule has 2 nitrogen and oxygen atoms in total. The minimum absolute atomic E-state index is 0.107. The van der Waals surface area contributed by atoms with Crippen LogP contribution >= 0.6 is 27.3 Å². The zero-order chi connectivity index (χ0) is 12.3. The van der Waals surface area contributed by atoms with Gasteiger partial charge in [-0.2, -0.15) is 0 Å². The molecule has 0 saturated heterocycles. The first kappa shape index (κ1) is 13.1. The van der Waals surface area contributed by atoms with Gasteiger partial charge in [-0.1, -0.05) is 28.8 Å². The molecule has 1 saturated carbocycles. The van der Waals surface area contributed by atoms with Crippen LogP contribution < -0.4 is 5.32 Å². The van der Waals surface area contributed by atoms with Crippen LogP contribution in [0, 0.1) is 12.8 Å². The molecular weight excluding hydrogens is 298 g/mol. The maximum Gasteiger partial charge on any atom is 0.261 e. The molecular formula is C13H18BrNOS. The Morgan fingerprint density at radius 3 is 2.94 bits per heavy atom. The van der Waals surface area contributed by atoms with Crippen LogP contribution in [0.4, 0.5) is 0 Å². The van der Waals surface area contributed by atoms with Crippen molar-refractivity contribution in [1.29, 1.82) is 0 Å². The molecule has 1 aromatic heterocycles. The van der Waals surface area contributed by atoms with E-state index in [1.165, 1.54) is 30.6 Å². The molecule has 0 aromatic carbocycles. The Bertz CT molecular complexity index is 391. The van der Waals surface area contributed by atoms with Crippen LogP contribution in [-0.4, -0.2) is 17.3 Å². The highest BCUT2D eigenvalue weighted by Gasteiger charge is 2.26. The van der Waals surface area contributed by atoms with Gasteiger partial charge in [0, 0.05) is 11.4 Å². The van der Waals surface area contributed by atoms with Gasteiger partial charge in [0.15, 0.2) is 0 Å². The van der Waals surface area contributed by atoms with Crippen LogP contribution in [0.25, 0.3) is 0 Å². The number of hydrogen-bond donors (Lipinski definition) is 1. The van der Waals surface area contributed by atoms with E-state index < -0.39 is 0 Å². The normalized spacial score (nSPS) is 24.6. The number of nitrogens with one attached hydrogen (secondary N) is 1. The number of halogens is 1. The lowest BCUT2D eigenvalue weighted by molar-refractivity contribution is 0.0915. The Kier molecular flexibility index (Phi) is 4.62. The monoisotopic (exact) mass is 315 g/mol. The highest BCUT2D eigenvalue weighted by Crippen LogP contribution is 2.26. The van der Waals surface area contributed by atoms with Gasteiger partial charge in [-0.15, -0.1) is 11.3 Å². The molecule has 2 rings (SSSR count). The summed E-state index contributed by atoms with van der Waals surface area (Å²) in [6, 6.07) is 2.35. The van der Waals surface area contributed by atoms with Crippen molar-refractivity contribution in [2.45, 2.75) is 38.6 Å². The van der Waals surface area contributed by atoms with Crippen LogP contribution in [-0.2, 0) is 0 Å². The van der Waals surface area contributed by atoms with Crippen molar-refractivity contribution in [3.63, 3.8) is 0 Å². The molecule has 0 radical (unpaired) electrons. The summed E-state index contributed by atoms with van der Waals surface area (Å²) in [7, 11) is 0. The van der Waals surface area contributed by atoms with Crippen LogP contribution in [0.3, 0.4) is 0 Å². The molecule has 2 unspecified atom stereocenters. The van der Waals surface area contributed by atoms with Crippen LogP contribution in [0.2, 0.25) is 0 Å². The molecule has 0 bridgehead atoms. The first-order valence-electron chi connectivity index (χ1n) is 6.13. The summed E-state index contributed by atoms with van der Waals surface area (Å²) in [6.07, 6.45) is 4.87. The Morgan fingerprint density at radius 1 is 1.53 bits per heavy atom. The first-order chi connectivity index (χ1) is 8.22. The van der Waals surface area contributed by atoms with Gasteiger partial charge in [-0.3, -0.25) is 4.79 Å².